The van der Waals surface area contributed by atoms with E-state index >= 15 is 0 Å². The van der Waals surface area contributed by atoms with Gasteiger partial charge in [-0.05, 0) is 28.9 Å². The molecule has 0 aliphatic rings. The largest absolute Gasteiger partial charge is 0.496 e. The van der Waals surface area contributed by atoms with Gasteiger partial charge in [0.05, 0.1) is 18.7 Å². The highest BCUT2D eigenvalue weighted by Crippen LogP contribution is 2.37. The molecule has 0 N–H and O–H groups in total. The summed E-state index contributed by atoms with van der Waals surface area (Å²) in [6.07, 6.45) is 0. The number of halogens is 1. The average molecular weight is 299 g/mol. The third-order valence-electron chi connectivity index (χ3n) is 2.48. The van der Waals surface area contributed by atoms with Gasteiger partial charge in [0.25, 0.3) is 0 Å². The van der Waals surface area contributed by atoms with Crippen molar-refractivity contribution in [3.63, 3.8) is 0 Å². The Labute approximate surface area is 106 Å². The van der Waals surface area contributed by atoms with E-state index in [2.05, 4.69) is 15.9 Å². The van der Waals surface area contributed by atoms with Crippen LogP contribution in [0.4, 0.5) is 0 Å². The van der Waals surface area contributed by atoms with Crippen LogP contribution in [0.3, 0.4) is 0 Å². The molecule has 0 amide bonds. The molecule has 90 valence electrons. The van der Waals surface area contributed by atoms with Crippen LogP contribution in [0.15, 0.2) is 25.8 Å². The number of aryl methyl sites for hydroxylation is 1. The molecule has 0 saturated heterocycles. The Kier molecular flexibility index (Phi) is 3.11. The Morgan fingerprint density at radius 1 is 1.18 bits per heavy atom. The van der Waals surface area contributed by atoms with Gasteiger partial charge >= 0.3 is 5.63 Å². The van der Waals surface area contributed by atoms with E-state index in [1.165, 1.54) is 7.11 Å². The standard InChI is InChI=1S/C12H11BrO4/c1-6-4-7-10(12(14)17-6)8(15-2)5-9(16-3)11(7)13/h4-5H,1-3H3. The number of fused-ring (bicyclic) bond motifs is 1. The fraction of sp³-hybridized carbons (Fsp3) is 0.250. The topological polar surface area (TPSA) is 48.7 Å². The number of ether oxygens (including phenoxy) is 2. The lowest BCUT2D eigenvalue weighted by Gasteiger charge is -2.10. The fourth-order valence-electron chi connectivity index (χ4n) is 1.72. The molecule has 0 unspecified atom stereocenters. The number of benzene rings is 1. The molecule has 0 radical (unpaired) electrons. The maximum Gasteiger partial charge on any atom is 0.347 e. The normalized spacial score (nSPS) is 10.6. The summed E-state index contributed by atoms with van der Waals surface area (Å²) in [4.78, 5) is 11.8. The van der Waals surface area contributed by atoms with Crippen molar-refractivity contribution >= 4 is 26.7 Å². The predicted octanol–water partition coefficient (Wildman–Crippen LogP) is 2.88. The van der Waals surface area contributed by atoms with Crippen LogP contribution < -0.4 is 15.1 Å². The first-order valence-electron chi connectivity index (χ1n) is 4.93. The number of hydrogen-bond acceptors (Lipinski definition) is 4. The van der Waals surface area contributed by atoms with E-state index < -0.39 is 5.63 Å². The second-order valence-electron chi connectivity index (χ2n) is 3.53. The van der Waals surface area contributed by atoms with Crippen molar-refractivity contribution in [3.05, 3.63) is 32.8 Å². The predicted molar refractivity (Wildman–Crippen MR) is 68.0 cm³/mol. The molecule has 2 aromatic rings. The first kappa shape index (κ1) is 12.0. The maximum atomic E-state index is 11.8. The molecule has 0 saturated carbocycles. The molecule has 0 aliphatic carbocycles. The molecule has 0 bridgehead atoms. The third-order valence-corrected chi connectivity index (χ3v) is 3.29. The first-order chi connectivity index (χ1) is 8.08. The quantitative estimate of drug-likeness (QED) is 0.855. The van der Waals surface area contributed by atoms with E-state index in [9.17, 15) is 4.79 Å². The molecule has 1 aromatic heterocycles. The molecule has 0 atom stereocenters. The molecule has 5 heteroatoms. The summed E-state index contributed by atoms with van der Waals surface area (Å²) in [6, 6.07) is 3.42. The van der Waals surface area contributed by atoms with E-state index in [0.717, 1.165) is 5.39 Å². The van der Waals surface area contributed by atoms with Crippen LogP contribution in [0.2, 0.25) is 0 Å². The van der Waals surface area contributed by atoms with Gasteiger partial charge in [-0.15, -0.1) is 0 Å². The van der Waals surface area contributed by atoms with Gasteiger partial charge in [-0.3, -0.25) is 0 Å². The Morgan fingerprint density at radius 3 is 2.41 bits per heavy atom. The van der Waals surface area contributed by atoms with Gasteiger partial charge < -0.3 is 13.9 Å². The minimum atomic E-state index is -0.416. The Hall–Kier alpha value is -1.49. The van der Waals surface area contributed by atoms with E-state index in [4.69, 9.17) is 13.9 Å². The summed E-state index contributed by atoms with van der Waals surface area (Å²) in [6.45, 7) is 1.72. The summed E-state index contributed by atoms with van der Waals surface area (Å²) < 4.78 is 16.2. The average Bonchev–Trinajstić information content (AvgIpc) is 2.30. The molecule has 0 aliphatic heterocycles. The molecule has 1 heterocycles. The maximum absolute atomic E-state index is 11.8. The summed E-state index contributed by atoms with van der Waals surface area (Å²) >= 11 is 3.41. The molecule has 17 heavy (non-hydrogen) atoms. The van der Waals surface area contributed by atoms with Crippen molar-refractivity contribution in [2.45, 2.75) is 6.92 Å². The lowest BCUT2D eigenvalue weighted by Crippen LogP contribution is -2.04. The lowest BCUT2D eigenvalue weighted by atomic mass is 10.1. The van der Waals surface area contributed by atoms with Crippen LogP contribution in [0.25, 0.3) is 10.8 Å². The zero-order chi connectivity index (χ0) is 12.6. The van der Waals surface area contributed by atoms with E-state index in [0.29, 0.717) is 27.1 Å². The van der Waals surface area contributed by atoms with Crippen LogP contribution in [0.5, 0.6) is 11.5 Å². The highest BCUT2D eigenvalue weighted by molar-refractivity contribution is 9.10. The smallest absolute Gasteiger partial charge is 0.347 e. The zero-order valence-electron chi connectivity index (χ0n) is 9.67. The van der Waals surface area contributed by atoms with Crippen LogP contribution in [-0.4, -0.2) is 14.2 Å². The lowest BCUT2D eigenvalue weighted by molar-refractivity contribution is 0.394. The first-order valence-corrected chi connectivity index (χ1v) is 5.72. The minimum absolute atomic E-state index is 0.408. The van der Waals surface area contributed by atoms with Crippen LogP contribution in [0, 0.1) is 6.92 Å². The van der Waals surface area contributed by atoms with Gasteiger partial charge in [0, 0.05) is 11.5 Å². The van der Waals surface area contributed by atoms with Gasteiger partial charge in [-0.2, -0.15) is 0 Å². The summed E-state index contributed by atoms with van der Waals surface area (Å²) in [5.41, 5.74) is -0.416. The fourth-order valence-corrected chi connectivity index (χ4v) is 2.30. The van der Waals surface area contributed by atoms with E-state index in [1.807, 2.05) is 0 Å². The third kappa shape index (κ3) is 1.91. The number of hydrogen-bond donors (Lipinski definition) is 0. The Balaban J connectivity index is 3.00. The number of methoxy groups -OCH3 is 2. The molecular weight excluding hydrogens is 288 g/mol. The van der Waals surface area contributed by atoms with Crippen molar-refractivity contribution in [3.8, 4) is 11.5 Å². The summed E-state index contributed by atoms with van der Waals surface area (Å²) in [5.74, 6) is 1.59. The summed E-state index contributed by atoms with van der Waals surface area (Å²) in [7, 11) is 3.06. The van der Waals surface area contributed by atoms with Crippen LogP contribution >= 0.6 is 15.9 Å². The van der Waals surface area contributed by atoms with Crippen molar-refractivity contribution in [1.82, 2.24) is 0 Å². The van der Waals surface area contributed by atoms with Crippen molar-refractivity contribution in [2.75, 3.05) is 14.2 Å². The molecule has 2 rings (SSSR count). The van der Waals surface area contributed by atoms with Crippen molar-refractivity contribution in [1.29, 1.82) is 0 Å². The van der Waals surface area contributed by atoms with Crippen molar-refractivity contribution < 1.29 is 13.9 Å². The highest BCUT2D eigenvalue weighted by Gasteiger charge is 2.15. The van der Waals surface area contributed by atoms with E-state index in [-0.39, 0.29) is 0 Å². The molecule has 1 aromatic carbocycles. The zero-order valence-corrected chi connectivity index (χ0v) is 11.3. The summed E-state index contributed by atoms with van der Waals surface area (Å²) in [5, 5.41) is 1.13. The monoisotopic (exact) mass is 298 g/mol. The van der Waals surface area contributed by atoms with Gasteiger partial charge in [0.1, 0.15) is 22.6 Å². The second-order valence-corrected chi connectivity index (χ2v) is 4.32. The SMILES string of the molecule is COc1cc(OC)c2c(=O)oc(C)cc2c1Br. The Morgan fingerprint density at radius 2 is 1.82 bits per heavy atom. The van der Waals surface area contributed by atoms with Crippen LogP contribution in [-0.2, 0) is 0 Å². The van der Waals surface area contributed by atoms with Gasteiger partial charge in [-0.1, -0.05) is 0 Å². The van der Waals surface area contributed by atoms with E-state index in [1.54, 1.807) is 26.2 Å². The minimum Gasteiger partial charge on any atom is -0.496 e. The highest BCUT2D eigenvalue weighted by atomic mass is 79.9. The number of rotatable bonds is 2. The molecule has 4 nitrogen and oxygen atoms in total. The van der Waals surface area contributed by atoms with Gasteiger partial charge in [0.2, 0.25) is 0 Å². The molecule has 0 fully saturated rings. The van der Waals surface area contributed by atoms with Crippen molar-refractivity contribution in [2.24, 2.45) is 0 Å². The Bertz CT molecular complexity index is 630. The molecule has 0 spiro atoms. The van der Waals surface area contributed by atoms with Gasteiger partial charge in [-0.25, -0.2) is 4.79 Å². The second kappa shape index (κ2) is 4.41. The van der Waals surface area contributed by atoms with Gasteiger partial charge in [0.15, 0.2) is 0 Å². The van der Waals surface area contributed by atoms with Crippen LogP contribution in [0.1, 0.15) is 5.76 Å². The molecular formula is C12H11BrO4.